The van der Waals surface area contributed by atoms with E-state index in [1.807, 2.05) is 0 Å². The number of allylic oxidation sites excluding steroid dienone is 10. The molecule has 2 N–H and O–H groups in total. The first-order valence-electron chi connectivity index (χ1n) is 32.2. The van der Waals surface area contributed by atoms with Gasteiger partial charge in [0, 0.05) is 19.3 Å². The van der Waals surface area contributed by atoms with Crippen molar-refractivity contribution in [1.29, 1.82) is 0 Å². The lowest BCUT2D eigenvalue weighted by atomic mass is 10.0. The third-order valence-corrected chi connectivity index (χ3v) is 14.9. The molecule has 78 heavy (non-hydrogen) atoms. The fourth-order valence-corrected chi connectivity index (χ4v) is 9.83. The third kappa shape index (κ3) is 57.9. The molecule has 11 nitrogen and oxygen atoms in total. The number of hydrogen-bond donors (Lipinski definition) is 2. The van der Waals surface area contributed by atoms with E-state index >= 15 is 0 Å². The molecular weight excluding hydrogens is 1000 g/mol. The van der Waals surface area contributed by atoms with E-state index < -0.39 is 57.8 Å². The second-order valence-electron chi connectivity index (χ2n) is 21.6. The maximum atomic E-state index is 13.0. The smallest absolute Gasteiger partial charge is 0.462 e. The van der Waals surface area contributed by atoms with Crippen molar-refractivity contribution in [2.45, 2.75) is 315 Å². The van der Waals surface area contributed by atoms with Crippen molar-refractivity contribution in [2.75, 3.05) is 26.4 Å². The van der Waals surface area contributed by atoms with Crippen molar-refractivity contribution in [2.24, 2.45) is 0 Å². The lowest BCUT2D eigenvalue weighted by Crippen LogP contribution is -2.30. The molecule has 0 aromatic carbocycles. The van der Waals surface area contributed by atoms with E-state index in [1.54, 1.807) is 0 Å². The Morgan fingerprint density at radius 2 is 0.667 bits per heavy atom. The number of unbranched alkanes of at least 4 members (excludes halogenated alkanes) is 33. The van der Waals surface area contributed by atoms with E-state index in [0.29, 0.717) is 19.3 Å². The van der Waals surface area contributed by atoms with Crippen LogP contribution in [0.5, 0.6) is 0 Å². The highest BCUT2D eigenvalue weighted by atomic mass is 31.2. The predicted molar refractivity (Wildman–Crippen MR) is 325 cm³/mol. The number of phosphoric ester groups is 1. The molecule has 454 valence electrons. The molecule has 0 aliphatic carbocycles. The minimum atomic E-state index is -4.76. The van der Waals surface area contributed by atoms with Crippen LogP contribution < -0.4 is 0 Å². The Labute approximate surface area is 478 Å². The van der Waals surface area contributed by atoms with Gasteiger partial charge in [-0.15, -0.1) is 0 Å². The van der Waals surface area contributed by atoms with Crippen LogP contribution in [0.2, 0.25) is 0 Å². The van der Waals surface area contributed by atoms with Crippen molar-refractivity contribution in [1.82, 2.24) is 0 Å². The molecule has 0 saturated heterocycles. The average Bonchev–Trinajstić information content (AvgIpc) is 3.43. The number of carbonyl (C=O) groups is 3. The first kappa shape index (κ1) is 75.2. The molecule has 0 aromatic rings. The summed E-state index contributed by atoms with van der Waals surface area (Å²) < 4.78 is 39.7. The Morgan fingerprint density at radius 3 is 1.05 bits per heavy atom. The van der Waals surface area contributed by atoms with E-state index in [0.717, 1.165) is 103 Å². The maximum Gasteiger partial charge on any atom is 0.472 e. The summed E-state index contributed by atoms with van der Waals surface area (Å²) in [5.41, 5.74) is 0. The van der Waals surface area contributed by atoms with Gasteiger partial charge in [-0.05, 0) is 83.5 Å². The van der Waals surface area contributed by atoms with Crippen LogP contribution in [-0.4, -0.2) is 66.5 Å². The molecule has 12 heteroatoms. The Kier molecular flexibility index (Phi) is 58.1. The third-order valence-electron chi connectivity index (χ3n) is 13.9. The average molecular weight is 1120 g/mol. The zero-order valence-corrected chi connectivity index (χ0v) is 51.3. The summed E-state index contributed by atoms with van der Waals surface area (Å²) >= 11 is 0. The van der Waals surface area contributed by atoms with E-state index in [2.05, 4.69) is 81.5 Å². The highest BCUT2D eigenvalue weighted by Crippen LogP contribution is 2.43. The lowest BCUT2D eigenvalue weighted by molar-refractivity contribution is -0.161. The summed E-state index contributed by atoms with van der Waals surface area (Å²) in [5, 5.41) is 9.84. The van der Waals surface area contributed by atoms with Crippen LogP contribution in [0, 0.1) is 0 Å². The number of aliphatic hydroxyl groups excluding tert-OH is 1. The topological polar surface area (TPSA) is 155 Å². The number of esters is 3. The molecule has 0 radical (unpaired) electrons. The molecule has 0 bridgehead atoms. The quantitative estimate of drug-likeness (QED) is 0.0197. The molecule has 0 aromatic heterocycles. The molecule has 0 aliphatic rings. The van der Waals surface area contributed by atoms with Gasteiger partial charge in [0.2, 0.25) is 0 Å². The highest BCUT2D eigenvalue weighted by molar-refractivity contribution is 7.47. The fourth-order valence-electron chi connectivity index (χ4n) is 9.05. The molecule has 0 rings (SSSR count). The normalized spacial score (nSPS) is 13.7. The standard InChI is InChI=1S/C66H119O11P/c1-4-7-10-13-16-19-22-25-28-30-31-33-36-39-42-45-48-51-54-57-66(70)77-63(59-73-64(68)55-52-49-46-43-40-37-35-32-29-26-23-20-17-14-11-8-5-2)61-75-78(71,72)74-60-62(58-67)76-65(69)56-53-50-47-44-41-38-34-27-24-21-18-15-12-9-6-3/h9,12,16,18-19,21,25,27-28,34,62-63,67H,4-8,10-11,13-15,17,20,22-24,26,29-33,35-61H2,1-3H3,(H,71,72)/b12-9-,19-16-,21-18-,28-25-,34-27-. The monoisotopic (exact) mass is 1120 g/mol. The van der Waals surface area contributed by atoms with Crippen molar-refractivity contribution in [3.63, 3.8) is 0 Å². The van der Waals surface area contributed by atoms with Gasteiger partial charge in [0.05, 0.1) is 19.8 Å². The van der Waals surface area contributed by atoms with Crippen LogP contribution >= 0.6 is 7.82 Å². The van der Waals surface area contributed by atoms with Gasteiger partial charge in [0.1, 0.15) is 12.7 Å². The van der Waals surface area contributed by atoms with Crippen LogP contribution in [0.3, 0.4) is 0 Å². The summed E-state index contributed by atoms with van der Waals surface area (Å²) in [5.74, 6) is -1.47. The minimum Gasteiger partial charge on any atom is -0.462 e. The van der Waals surface area contributed by atoms with Crippen LogP contribution in [0.4, 0.5) is 0 Å². The number of rotatable bonds is 60. The molecular formula is C66H119O11P. The summed E-state index contributed by atoms with van der Waals surface area (Å²) in [6.07, 6.45) is 67.4. The van der Waals surface area contributed by atoms with E-state index in [4.69, 9.17) is 23.3 Å². The number of carbonyl (C=O) groups excluding carboxylic acids is 3. The Morgan fingerprint density at radius 1 is 0.372 bits per heavy atom. The van der Waals surface area contributed by atoms with E-state index in [1.165, 1.54) is 141 Å². The highest BCUT2D eigenvalue weighted by Gasteiger charge is 2.28. The van der Waals surface area contributed by atoms with Gasteiger partial charge in [-0.2, -0.15) is 0 Å². The van der Waals surface area contributed by atoms with Crippen LogP contribution in [0.25, 0.3) is 0 Å². The van der Waals surface area contributed by atoms with Crippen LogP contribution in [-0.2, 0) is 42.2 Å². The molecule has 0 fully saturated rings. The summed E-state index contributed by atoms with van der Waals surface area (Å²) in [4.78, 5) is 48.7. The van der Waals surface area contributed by atoms with E-state index in [-0.39, 0.29) is 25.9 Å². The van der Waals surface area contributed by atoms with Crippen molar-refractivity contribution >= 4 is 25.7 Å². The Balaban J connectivity index is 4.70. The Bertz CT molecular complexity index is 1540. The van der Waals surface area contributed by atoms with Gasteiger partial charge < -0.3 is 24.2 Å². The zero-order valence-electron chi connectivity index (χ0n) is 50.4. The largest absolute Gasteiger partial charge is 0.472 e. The predicted octanol–water partition coefficient (Wildman–Crippen LogP) is 19.5. The minimum absolute atomic E-state index is 0.158. The van der Waals surface area contributed by atoms with Gasteiger partial charge >= 0.3 is 25.7 Å². The first-order chi connectivity index (χ1) is 38.2. The van der Waals surface area contributed by atoms with Crippen molar-refractivity contribution in [3.05, 3.63) is 60.8 Å². The second kappa shape index (κ2) is 60.3. The molecule has 0 heterocycles. The van der Waals surface area contributed by atoms with Gasteiger partial charge in [-0.25, -0.2) is 4.57 Å². The second-order valence-corrected chi connectivity index (χ2v) is 23.0. The number of ether oxygens (including phenoxy) is 3. The van der Waals surface area contributed by atoms with Crippen LogP contribution in [0.15, 0.2) is 60.8 Å². The van der Waals surface area contributed by atoms with Crippen molar-refractivity contribution in [3.8, 4) is 0 Å². The summed E-state index contributed by atoms with van der Waals surface area (Å²) in [7, 11) is -4.76. The lowest BCUT2D eigenvalue weighted by Gasteiger charge is -2.21. The molecule has 3 unspecified atom stereocenters. The van der Waals surface area contributed by atoms with Gasteiger partial charge in [-0.1, -0.05) is 261 Å². The molecule has 0 spiro atoms. The maximum absolute atomic E-state index is 13.0. The van der Waals surface area contributed by atoms with Crippen LogP contribution in [0.1, 0.15) is 303 Å². The molecule has 0 aliphatic heterocycles. The number of phosphoric acid groups is 1. The molecule has 3 atom stereocenters. The first-order valence-corrected chi connectivity index (χ1v) is 33.7. The number of hydrogen-bond acceptors (Lipinski definition) is 10. The van der Waals surface area contributed by atoms with Crippen molar-refractivity contribution < 1.29 is 52.2 Å². The SMILES string of the molecule is CC/C=C\C/C=C\C/C=C\CCCCCCCC(=O)OC(CO)COP(=O)(O)OCC(COC(=O)CCCCCCCCCCCCCCCCCCC)OC(=O)CCCCCCCCCCC/C=C\C/C=C\CCCCC. The number of aliphatic hydroxyl groups is 1. The van der Waals surface area contributed by atoms with Gasteiger partial charge in [0.15, 0.2) is 6.10 Å². The molecule has 0 saturated carbocycles. The summed E-state index contributed by atoms with van der Waals surface area (Å²) in [6, 6.07) is 0. The van der Waals surface area contributed by atoms with E-state index in [9.17, 15) is 28.9 Å². The van der Waals surface area contributed by atoms with Gasteiger partial charge in [0.25, 0.3) is 0 Å². The Hall–Kier alpha value is -2.82. The zero-order chi connectivity index (χ0) is 56.9. The summed E-state index contributed by atoms with van der Waals surface area (Å²) in [6.45, 7) is 4.54. The molecule has 0 amide bonds. The van der Waals surface area contributed by atoms with Gasteiger partial charge in [-0.3, -0.25) is 23.4 Å². The fraction of sp³-hybridized carbons (Fsp3) is 0.803.